The smallest absolute Gasteiger partial charge is 0.319 e. The van der Waals surface area contributed by atoms with Crippen molar-refractivity contribution in [3.05, 3.63) is 28.2 Å². The highest BCUT2D eigenvalue weighted by atomic mass is 35.5. The lowest BCUT2D eigenvalue weighted by atomic mass is 10.3. The van der Waals surface area contributed by atoms with Gasteiger partial charge in [-0.25, -0.2) is 4.79 Å². The van der Waals surface area contributed by atoms with Crippen LogP contribution in [-0.4, -0.2) is 25.2 Å². The molecule has 1 aliphatic heterocycles. The Morgan fingerprint density at radius 3 is 2.82 bits per heavy atom. The van der Waals surface area contributed by atoms with E-state index in [0.29, 0.717) is 15.7 Å². The van der Waals surface area contributed by atoms with E-state index in [0.717, 1.165) is 19.5 Å². The number of carbonyl (C=O) groups excluding carboxylic acids is 1. The van der Waals surface area contributed by atoms with Gasteiger partial charge in [-0.1, -0.05) is 23.2 Å². The first-order valence-electron chi connectivity index (χ1n) is 5.38. The Balaban J connectivity index is 1.90. The largest absolute Gasteiger partial charge is 0.334 e. The van der Waals surface area contributed by atoms with E-state index in [1.807, 2.05) is 0 Å². The van der Waals surface area contributed by atoms with Gasteiger partial charge in [0, 0.05) is 18.3 Å². The SMILES string of the molecule is O=C(Nc1ccc(Cl)c(Cl)c1)NC1CCNC1. The summed E-state index contributed by atoms with van der Waals surface area (Å²) in [6.07, 6.45) is 0.953. The number of rotatable bonds is 2. The van der Waals surface area contributed by atoms with Crippen molar-refractivity contribution in [3.63, 3.8) is 0 Å². The molecule has 2 amide bonds. The summed E-state index contributed by atoms with van der Waals surface area (Å²) in [6.45, 7) is 1.76. The molecular formula is C11H13Cl2N3O. The Morgan fingerprint density at radius 2 is 2.18 bits per heavy atom. The van der Waals surface area contributed by atoms with Crippen LogP contribution >= 0.6 is 23.2 Å². The molecule has 0 spiro atoms. The highest BCUT2D eigenvalue weighted by Crippen LogP contribution is 2.24. The minimum atomic E-state index is -0.225. The van der Waals surface area contributed by atoms with Gasteiger partial charge in [0.25, 0.3) is 0 Å². The van der Waals surface area contributed by atoms with Crippen LogP contribution in [0.15, 0.2) is 18.2 Å². The molecular weight excluding hydrogens is 261 g/mol. The first-order chi connectivity index (χ1) is 8.15. The molecule has 0 aliphatic carbocycles. The molecule has 0 bridgehead atoms. The lowest BCUT2D eigenvalue weighted by Crippen LogP contribution is -2.39. The van der Waals surface area contributed by atoms with Gasteiger partial charge in [0.05, 0.1) is 10.0 Å². The first kappa shape index (κ1) is 12.5. The zero-order valence-electron chi connectivity index (χ0n) is 9.09. The van der Waals surface area contributed by atoms with Crippen LogP contribution in [0.2, 0.25) is 10.0 Å². The number of nitrogens with one attached hydrogen (secondary N) is 3. The molecule has 1 aromatic carbocycles. The molecule has 1 heterocycles. The standard InChI is InChI=1S/C11H13Cl2N3O/c12-9-2-1-7(5-10(9)13)15-11(17)16-8-3-4-14-6-8/h1-2,5,8,14H,3-4,6H2,(H2,15,16,17). The third-order valence-corrected chi connectivity index (χ3v) is 3.31. The number of urea groups is 1. The van der Waals surface area contributed by atoms with Crippen LogP contribution in [0, 0.1) is 0 Å². The predicted octanol–water partition coefficient (Wildman–Crippen LogP) is 2.48. The normalized spacial score (nSPS) is 19.1. The summed E-state index contributed by atoms with van der Waals surface area (Å²) in [4.78, 5) is 11.6. The molecule has 6 heteroatoms. The summed E-state index contributed by atoms with van der Waals surface area (Å²) in [5.41, 5.74) is 0.628. The Labute approximate surface area is 110 Å². The molecule has 1 aromatic rings. The van der Waals surface area contributed by atoms with Crippen LogP contribution in [0.3, 0.4) is 0 Å². The second-order valence-electron chi connectivity index (χ2n) is 3.92. The van der Waals surface area contributed by atoms with Gasteiger partial charge in [-0.15, -0.1) is 0 Å². The monoisotopic (exact) mass is 273 g/mol. The molecule has 1 unspecified atom stereocenters. The van der Waals surface area contributed by atoms with Crippen molar-refractivity contribution in [1.82, 2.24) is 10.6 Å². The topological polar surface area (TPSA) is 53.2 Å². The molecule has 4 nitrogen and oxygen atoms in total. The van der Waals surface area contributed by atoms with Crippen LogP contribution in [-0.2, 0) is 0 Å². The van der Waals surface area contributed by atoms with E-state index in [1.165, 1.54) is 0 Å². The predicted molar refractivity (Wildman–Crippen MR) is 69.9 cm³/mol. The zero-order chi connectivity index (χ0) is 12.3. The van der Waals surface area contributed by atoms with Crippen molar-refractivity contribution in [2.75, 3.05) is 18.4 Å². The van der Waals surface area contributed by atoms with Crippen LogP contribution in [0.25, 0.3) is 0 Å². The summed E-state index contributed by atoms with van der Waals surface area (Å²) in [6, 6.07) is 4.95. The minimum Gasteiger partial charge on any atom is -0.334 e. The Hall–Kier alpha value is -0.970. The van der Waals surface area contributed by atoms with E-state index in [9.17, 15) is 4.79 Å². The van der Waals surface area contributed by atoms with Gasteiger partial charge in [-0.05, 0) is 31.2 Å². The van der Waals surface area contributed by atoms with Gasteiger partial charge in [0.2, 0.25) is 0 Å². The fourth-order valence-corrected chi connectivity index (χ4v) is 2.00. The third-order valence-electron chi connectivity index (χ3n) is 2.57. The van der Waals surface area contributed by atoms with E-state index in [4.69, 9.17) is 23.2 Å². The molecule has 2 rings (SSSR count). The van der Waals surface area contributed by atoms with E-state index in [-0.39, 0.29) is 12.1 Å². The van der Waals surface area contributed by atoms with Gasteiger partial charge in [-0.2, -0.15) is 0 Å². The molecule has 1 atom stereocenters. The van der Waals surface area contributed by atoms with Gasteiger partial charge < -0.3 is 16.0 Å². The maximum atomic E-state index is 11.6. The molecule has 1 fully saturated rings. The van der Waals surface area contributed by atoms with E-state index >= 15 is 0 Å². The highest BCUT2D eigenvalue weighted by Gasteiger charge is 2.16. The molecule has 17 heavy (non-hydrogen) atoms. The number of anilines is 1. The molecule has 0 saturated carbocycles. The van der Waals surface area contributed by atoms with E-state index < -0.39 is 0 Å². The quantitative estimate of drug-likeness (QED) is 0.776. The summed E-state index contributed by atoms with van der Waals surface area (Å²) >= 11 is 11.6. The summed E-state index contributed by atoms with van der Waals surface area (Å²) in [5, 5.41) is 9.66. The fourth-order valence-electron chi connectivity index (χ4n) is 1.70. The van der Waals surface area contributed by atoms with Crippen molar-refractivity contribution in [2.45, 2.75) is 12.5 Å². The Kier molecular flexibility index (Phi) is 4.10. The second kappa shape index (κ2) is 5.58. The molecule has 3 N–H and O–H groups in total. The van der Waals surface area contributed by atoms with Crippen LogP contribution in [0.4, 0.5) is 10.5 Å². The number of carbonyl (C=O) groups is 1. The molecule has 0 aromatic heterocycles. The molecule has 1 aliphatic rings. The highest BCUT2D eigenvalue weighted by molar-refractivity contribution is 6.42. The van der Waals surface area contributed by atoms with Gasteiger partial charge >= 0.3 is 6.03 Å². The van der Waals surface area contributed by atoms with Crippen molar-refractivity contribution in [3.8, 4) is 0 Å². The van der Waals surface area contributed by atoms with Crippen LogP contribution in [0.1, 0.15) is 6.42 Å². The number of halogens is 2. The molecule has 1 saturated heterocycles. The molecule has 0 radical (unpaired) electrons. The maximum Gasteiger partial charge on any atom is 0.319 e. The van der Waals surface area contributed by atoms with Crippen molar-refractivity contribution in [2.24, 2.45) is 0 Å². The molecule has 92 valence electrons. The van der Waals surface area contributed by atoms with Crippen molar-refractivity contribution in [1.29, 1.82) is 0 Å². The lowest BCUT2D eigenvalue weighted by molar-refractivity contribution is 0.249. The number of benzene rings is 1. The Bertz CT molecular complexity index is 419. The van der Waals surface area contributed by atoms with Crippen LogP contribution in [0.5, 0.6) is 0 Å². The first-order valence-corrected chi connectivity index (χ1v) is 6.14. The summed E-state index contributed by atoms with van der Waals surface area (Å²) < 4.78 is 0. The van der Waals surface area contributed by atoms with Crippen molar-refractivity contribution < 1.29 is 4.79 Å². The second-order valence-corrected chi connectivity index (χ2v) is 4.73. The lowest BCUT2D eigenvalue weighted by Gasteiger charge is -2.12. The average Bonchev–Trinajstić information content (AvgIpc) is 2.76. The zero-order valence-corrected chi connectivity index (χ0v) is 10.6. The van der Waals surface area contributed by atoms with Crippen LogP contribution < -0.4 is 16.0 Å². The number of hydrogen-bond acceptors (Lipinski definition) is 2. The number of hydrogen-bond donors (Lipinski definition) is 3. The Morgan fingerprint density at radius 1 is 1.35 bits per heavy atom. The maximum absolute atomic E-state index is 11.6. The number of amides is 2. The summed E-state index contributed by atoms with van der Waals surface area (Å²) in [5.74, 6) is 0. The van der Waals surface area contributed by atoms with E-state index in [2.05, 4.69) is 16.0 Å². The average molecular weight is 274 g/mol. The fraction of sp³-hybridized carbons (Fsp3) is 0.364. The van der Waals surface area contributed by atoms with Crippen molar-refractivity contribution >= 4 is 34.9 Å². The summed E-state index contributed by atoms with van der Waals surface area (Å²) in [7, 11) is 0. The third kappa shape index (κ3) is 3.49. The minimum absolute atomic E-state index is 0.192. The van der Waals surface area contributed by atoms with E-state index in [1.54, 1.807) is 18.2 Å². The van der Waals surface area contributed by atoms with Gasteiger partial charge in [0.15, 0.2) is 0 Å². The van der Waals surface area contributed by atoms with Gasteiger partial charge in [-0.3, -0.25) is 0 Å². The van der Waals surface area contributed by atoms with Gasteiger partial charge in [0.1, 0.15) is 0 Å².